The maximum Gasteiger partial charge on any atom is 0.256 e. The van der Waals surface area contributed by atoms with Gasteiger partial charge in [-0.2, -0.15) is 0 Å². The van der Waals surface area contributed by atoms with E-state index in [0.29, 0.717) is 28.9 Å². The highest BCUT2D eigenvalue weighted by molar-refractivity contribution is 6.69. The summed E-state index contributed by atoms with van der Waals surface area (Å²) in [4.78, 5) is 16.1. The molecule has 0 saturated heterocycles. The summed E-state index contributed by atoms with van der Waals surface area (Å²) in [6, 6.07) is 3.84. The first-order valence-electron chi connectivity index (χ1n) is 7.59. The average molecular weight is 378 g/mol. The molecule has 0 fully saturated rings. The number of carbonyl (C=O) groups is 1. The number of halogens is 2. The van der Waals surface area contributed by atoms with Gasteiger partial charge in [-0.1, -0.05) is 11.6 Å². The second-order valence-corrected chi connectivity index (χ2v) is 6.42. The van der Waals surface area contributed by atoms with E-state index in [1.807, 2.05) is 12.1 Å². The number of carbonyl (C=O) groups excluding carboxylic acids is 1. The highest BCUT2D eigenvalue weighted by atomic mass is 35.5. The number of benzene rings is 1. The van der Waals surface area contributed by atoms with Crippen molar-refractivity contribution < 1.29 is 18.7 Å². The van der Waals surface area contributed by atoms with Crippen LogP contribution in [0.15, 0.2) is 22.8 Å². The predicted octanol–water partition coefficient (Wildman–Crippen LogP) is 4.64. The van der Waals surface area contributed by atoms with Crippen LogP contribution in [0, 0.1) is 0 Å². The number of pyridine rings is 1. The van der Waals surface area contributed by atoms with Gasteiger partial charge in [-0.25, -0.2) is 4.98 Å². The van der Waals surface area contributed by atoms with Crippen LogP contribution in [-0.4, -0.2) is 24.4 Å². The third-order valence-electron chi connectivity index (χ3n) is 4.49. The Bertz CT molecular complexity index is 1030. The van der Waals surface area contributed by atoms with Crippen molar-refractivity contribution in [2.75, 3.05) is 14.2 Å². The van der Waals surface area contributed by atoms with Gasteiger partial charge in [0.2, 0.25) is 0 Å². The molecule has 7 heteroatoms. The van der Waals surface area contributed by atoms with Gasteiger partial charge in [0.05, 0.1) is 30.9 Å². The van der Waals surface area contributed by atoms with Crippen molar-refractivity contribution in [3.05, 3.63) is 40.2 Å². The smallest absolute Gasteiger partial charge is 0.256 e. The molecule has 128 valence electrons. The van der Waals surface area contributed by atoms with Crippen LogP contribution in [0.4, 0.5) is 0 Å². The van der Waals surface area contributed by atoms with Crippen molar-refractivity contribution in [1.82, 2.24) is 4.98 Å². The summed E-state index contributed by atoms with van der Waals surface area (Å²) in [5.74, 6) is 1.29. The highest BCUT2D eigenvalue weighted by Crippen LogP contribution is 2.43. The van der Waals surface area contributed by atoms with E-state index in [0.717, 1.165) is 28.8 Å². The maximum atomic E-state index is 11.6. The van der Waals surface area contributed by atoms with Gasteiger partial charge < -0.3 is 13.9 Å². The van der Waals surface area contributed by atoms with Crippen molar-refractivity contribution in [3.8, 4) is 22.8 Å². The van der Waals surface area contributed by atoms with E-state index in [2.05, 4.69) is 4.98 Å². The third kappa shape index (κ3) is 2.38. The molecule has 1 aliphatic rings. The lowest BCUT2D eigenvalue weighted by molar-refractivity contribution is 0.108. The number of nitrogens with zero attached hydrogens (tertiary/aromatic N) is 1. The molecular formula is C18H13Cl2NO4. The zero-order chi connectivity index (χ0) is 17.7. The Labute approximate surface area is 153 Å². The van der Waals surface area contributed by atoms with Gasteiger partial charge in [0.1, 0.15) is 17.0 Å². The number of aromatic nitrogens is 1. The summed E-state index contributed by atoms with van der Waals surface area (Å²) < 4.78 is 16.4. The molecule has 0 amide bonds. The lowest BCUT2D eigenvalue weighted by atomic mass is 9.88. The maximum absolute atomic E-state index is 11.6. The van der Waals surface area contributed by atoms with Crippen LogP contribution >= 0.6 is 23.2 Å². The number of fused-ring (bicyclic) bond motifs is 5. The molecule has 1 aliphatic carbocycles. The molecule has 2 aromatic heterocycles. The lowest BCUT2D eigenvalue weighted by Gasteiger charge is -2.21. The Morgan fingerprint density at radius 3 is 2.60 bits per heavy atom. The van der Waals surface area contributed by atoms with Crippen LogP contribution in [0.5, 0.6) is 11.5 Å². The molecule has 0 saturated carbocycles. The SMILES string of the molecule is COc1cc2c(cc1OC)-c1nc(Cl)c3c(C(=O)Cl)coc3c1CC2. The van der Waals surface area contributed by atoms with E-state index in [9.17, 15) is 4.79 Å². The molecule has 2 heterocycles. The van der Waals surface area contributed by atoms with Crippen LogP contribution in [0.1, 0.15) is 21.5 Å². The van der Waals surface area contributed by atoms with Gasteiger partial charge in [-0.3, -0.25) is 4.79 Å². The molecule has 0 atom stereocenters. The summed E-state index contributed by atoms with van der Waals surface area (Å²) in [6.07, 6.45) is 2.83. The van der Waals surface area contributed by atoms with Crippen molar-refractivity contribution in [2.24, 2.45) is 0 Å². The van der Waals surface area contributed by atoms with Gasteiger partial charge in [0.25, 0.3) is 5.24 Å². The highest BCUT2D eigenvalue weighted by Gasteiger charge is 2.27. The largest absolute Gasteiger partial charge is 0.493 e. The zero-order valence-electron chi connectivity index (χ0n) is 13.5. The van der Waals surface area contributed by atoms with E-state index in [1.54, 1.807) is 14.2 Å². The van der Waals surface area contributed by atoms with E-state index >= 15 is 0 Å². The van der Waals surface area contributed by atoms with Crippen LogP contribution in [0.3, 0.4) is 0 Å². The minimum absolute atomic E-state index is 0.189. The topological polar surface area (TPSA) is 61.6 Å². The van der Waals surface area contributed by atoms with Crippen LogP contribution in [0.25, 0.3) is 22.2 Å². The Kier molecular flexibility index (Phi) is 3.85. The second-order valence-electron chi connectivity index (χ2n) is 5.72. The van der Waals surface area contributed by atoms with Crippen molar-refractivity contribution in [1.29, 1.82) is 0 Å². The minimum Gasteiger partial charge on any atom is -0.493 e. The fourth-order valence-corrected chi connectivity index (χ4v) is 3.73. The molecular weight excluding hydrogens is 365 g/mol. The van der Waals surface area contributed by atoms with E-state index in [4.69, 9.17) is 37.1 Å². The Morgan fingerprint density at radius 1 is 1.20 bits per heavy atom. The van der Waals surface area contributed by atoms with Crippen LogP contribution < -0.4 is 9.47 Å². The van der Waals surface area contributed by atoms with Gasteiger partial charge in [0, 0.05) is 11.1 Å². The third-order valence-corrected chi connectivity index (χ3v) is 4.96. The number of hydrogen-bond donors (Lipinski definition) is 0. The molecule has 5 nitrogen and oxygen atoms in total. The standard InChI is InChI=1S/C18H13Cl2NO4/c1-23-12-5-8-3-4-9-15(10(8)6-13(12)24-2)21-17(19)14-11(18(20)22)7-25-16(9)14/h5-7H,3-4H2,1-2H3. The molecule has 1 aromatic carbocycles. The fraction of sp³-hybridized carbons (Fsp3) is 0.222. The molecule has 25 heavy (non-hydrogen) atoms. The molecule has 0 bridgehead atoms. The van der Waals surface area contributed by atoms with Gasteiger partial charge in [-0.15, -0.1) is 0 Å². The van der Waals surface area contributed by atoms with E-state index in [1.165, 1.54) is 6.26 Å². The van der Waals surface area contributed by atoms with Gasteiger partial charge >= 0.3 is 0 Å². The van der Waals surface area contributed by atoms with Crippen molar-refractivity contribution >= 4 is 39.4 Å². The molecule has 0 N–H and O–H groups in total. The average Bonchev–Trinajstić information content (AvgIpc) is 3.06. The summed E-state index contributed by atoms with van der Waals surface area (Å²) in [5.41, 5.74) is 4.42. The predicted molar refractivity (Wildman–Crippen MR) is 95.2 cm³/mol. The second kappa shape index (κ2) is 5.93. The Balaban J connectivity index is 2.01. The minimum atomic E-state index is -0.620. The van der Waals surface area contributed by atoms with Gasteiger partial charge in [0.15, 0.2) is 11.5 Å². The Hall–Kier alpha value is -2.24. The quantitative estimate of drug-likeness (QED) is 0.491. The lowest BCUT2D eigenvalue weighted by Crippen LogP contribution is -2.08. The first-order valence-corrected chi connectivity index (χ1v) is 8.35. The molecule has 3 aromatic rings. The number of hydrogen-bond acceptors (Lipinski definition) is 5. The number of furan rings is 1. The van der Waals surface area contributed by atoms with Crippen molar-refractivity contribution in [2.45, 2.75) is 12.8 Å². The monoisotopic (exact) mass is 377 g/mol. The number of methoxy groups -OCH3 is 2. The number of ether oxygens (including phenoxy) is 2. The first-order chi connectivity index (χ1) is 12.0. The molecule has 0 unspecified atom stereocenters. The molecule has 0 spiro atoms. The van der Waals surface area contributed by atoms with Crippen LogP contribution in [0.2, 0.25) is 5.15 Å². The van der Waals surface area contributed by atoms with Crippen molar-refractivity contribution in [3.63, 3.8) is 0 Å². The summed E-state index contributed by atoms with van der Waals surface area (Å²) in [5, 5.41) is 0.0310. The summed E-state index contributed by atoms with van der Waals surface area (Å²) >= 11 is 12.0. The zero-order valence-corrected chi connectivity index (χ0v) is 15.0. The van der Waals surface area contributed by atoms with E-state index < -0.39 is 5.24 Å². The molecule has 0 aliphatic heterocycles. The number of aryl methyl sites for hydroxylation is 2. The summed E-state index contributed by atoms with van der Waals surface area (Å²) in [6.45, 7) is 0. The summed E-state index contributed by atoms with van der Waals surface area (Å²) in [7, 11) is 3.19. The first kappa shape index (κ1) is 16.2. The van der Waals surface area contributed by atoms with E-state index in [-0.39, 0.29) is 10.7 Å². The van der Waals surface area contributed by atoms with Crippen LogP contribution in [-0.2, 0) is 12.8 Å². The normalized spacial score (nSPS) is 12.6. The Morgan fingerprint density at radius 2 is 1.92 bits per heavy atom. The molecule has 0 radical (unpaired) electrons. The number of rotatable bonds is 3. The van der Waals surface area contributed by atoms with Gasteiger partial charge in [-0.05, 0) is 42.1 Å². The fourth-order valence-electron chi connectivity index (χ4n) is 3.32. The molecule has 4 rings (SSSR count).